The van der Waals surface area contributed by atoms with E-state index >= 15 is 0 Å². The molecular formula is C12H15NO. The molecule has 0 radical (unpaired) electrons. The third-order valence-corrected chi connectivity index (χ3v) is 2.41. The van der Waals surface area contributed by atoms with Gasteiger partial charge >= 0.3 is 0 Å². The van der Waals surface area contributed by atoms with E-state index in [0.29, 0.717) is 6.61 Å². The van der Waals surface area contributed by atoms with Gasteiger partial charge in [-0.1, -0.05) is 35.9 Å². The summed E-state index contributed by atoms with van der Waals surface area (Å²) in [6, 6.07) is 8.58. The van der Waals surface area contributed by atoms with Crippen LogP contribution in [0.5, 0.6) is 0 Å². The first-order valence-electron chi connectivity index (χ1n) is 4.86. The van der Waals surface area contributed by atoms with E-state index in [1.54, 1.807) is 0 Å². The van der Waals surface area contributed by atoms with Crippen LogP contribution in [0.1, 0.15) is 11.1 Å². The summed E-state index contributed by atoms with van der Waals surface area (Å²) in [6.45, 7) is 3.66. The highest BCUT2D eigenvalue weighted by Gasteiger charge is 2.10. The Bertz CT molecular complexity index is 357. The number of hydrogen-bond donors (Lipinski definition) is 0. The van der Waals surface area contributed by atoms with Crippen molar-refractivity contribution < 1.29 is 4.84 Å². The molecule has 0 unspecified atom stereocenters. The quantitative estimate of drug-likeness (QED) is 0.672. The Morgan fingerprint density at radius 3 is 2.93 bits per heavy atom. The smallest absolute Gasteiger partial charge is 0.0873 e. The van der Waals surface area contributed by atoms with Crippen LogP contribution in [0.3, 0.4) is 0 Å². The normalized spacial score (nSPS) is 18.0. The van der Waals surface area contributed by atoms with Gasteiger partial charge in [0.05, 0.1) is 6.61 Å². The zero-order chi connectivity index (χ0) is 9.97. The molecule has 1 aliphatic rings. The highest BCUT2D eigenvalue weighted by atomic mass is 16.7. The summed E-state index contributed by atoms with van der Waals surface area (Å²) in [5.41, 5.74) is 3.96. The molecule has 0 saturated heterocycles. The van der Waals surface area contributed by atoms with Gasteiger partial charge in [-0.25, -0.2) is 0 Å². The fraction of sp³-hybridized carbons (Fsp3) is 0.333. The Morgan fingerprint density at radius 2 is 2.21 bits per heavy atom. The minimum Gasteiger partial charge on any atom is -0.295 e. The largest absolute Gasteiger partial charge is 0.295 e. The monoisotopic (exact) mass is 189 g/mol. The number of benzene rings is 1. The van der Waals surface area contributed by atoms with Gasteiger partial charge in [-0.2, -0.15) is 5.06 Å². The number of hydrogen-bond acceptors (Lipinski definition) is 2. The van der Waals surface area contributed by atoms with Crippen LogP contribution in [-0.2, 0) is 4.84 Å². The van der Waals surface area contributed by atoms with E-state index < -0.39 is 0 Å². The van der Waals surface area contributed by atoms with E-state index in [1.165, 1.54) is 16.7 Å². The maximum Gasteiger partial charge on any atom is 0.0873 e. The molecule has 0 amide bonds. The molecule has 1 aliphatic heterocycles. The van der Waals surface area contributed by atoms with Crippen molar-refractivity contribution in [2.75, 3.05) is 20.2 Å². The molecule has 0 atom stereocenters. The van der Waals surface area contributed by atoms with Gasteiger partial charge in [0.2, 0.25) is 0 Å². The van der Waals surface area contributed by atoms with Crippen molar-refractivity contribution in [1.29, 1.82) is 0 Å². The van der Waals surface area contributed by atoms with Crippen LogP contribution in [0.15, 0.2) is 30.3 Å². The lowest BCUT2D eigenvalue weighted by molar-refractivity contribution is -0.122. The van der Waals surface area contributed by atoms with Gasteiger partial charge < -0.3 is 0 Å². The molecule has 74 valence electrons. The first-order chi connectivity index (χ1) is 6.75. The van der Waals surface area contributed by atoms with Gasteiger partial charge in [-0.15, -0.1) is 0 Å². The molecule has 2 rings (SSSR count). The molecule has 0 N–H and O–H groups in total. The van der Waals surface area contributed by atoms with Gasteiger partial charge in [0.1, 0.15) is 0 Å². The second kappa shape index (κ2) is 3.95. The summed E-state index contributed by atoms with van der Waals surface area (Å²) in [4.78, 5) is 5.32. The summed E-state index contributed by atoms with van der Waals surface area (Å²) in [7, 11) is 1.96. The Balaban J connectivity index is 2.26. The van der Waals surface area contributed by atoms with Gasteiger partial charge in [0.25, 0.3) is 0 Å². The predicted octanol–water partition coefficient (Wildman–Crippen LogP) is 2.26. The fourth-order valence-corrected chi connectivity index (χ4v) is 1.67. The fourth-order valence-electron chi connectivity index (χ4n) is 1.67. The average molecular weight is 189 g/mol. The molecule has 0 saturated carbocycles. The second-order valence-electron chi connectivity index (χ2n) is 3.68. The van der Waals surface area contributed by atoms with Gasteiger partial charge in [0, 0.05) is 13.6 Å². The van der Waals surface area contributed by atoms with Crippen molar-refractivity contribution in [1.82, 2.24) is 5.06 Å². The molecule has 1 heterocycles. The topological polar surface area (TPSA) is 12.5 Å². The molecule has 14 heavy (non-hydrogen) atoms. The van der Waals surface area contributed by atoms with Crippen LogP contribution >= 0.6 is 0 Å². The van der Waals surface area contributed by atoms with E-state index in [2.05, 4.69) is 37.3 Å². The summed E-state index contributed by atoms with van der Waals surface area (Å²) >= 11 is 0. The Hall–Kier alpha value is -1.12. The second-order valence-corrected chi connectivity index (χ2v) is 3.68. The van der Waals surface area contributed by atoms with Crippen LogP contribution in [0, 0.1) is 6.92 Å². The SMILES string of the molecule is Cc1cccc(C2=CCON(C)C2)c1. The lowest BCUT2D eigenvalue weighted by atomic mass is 10.0. The Labute approximate surface area is 84.8 Å². The molecule has 1 aromatic rings. The van der Waals surface area contributed by atoms with Crippen LogP contribution in [0.4, 0.5) is 0 Å². The van der Waals surface area contributed by atoms with Crippen molar-refractivity contribution >= 4 is 5.57 Å². The molecule has 2 heteroatoms. The van der Waals surface area contributed by atoms with Crippen LogP contribution in [-0.4, -0.2) is 25.3 Å². The maximum absolute atomic E-state index is 5.32. The summed E-state index contributed by atoms with van der Waals surface area (Å²) < 4.78 is 0. The number of hydroxylamine groups is 2. The standard InChI is InChI=1S/C12H15NO/c1-10-4-3-5-11(8-10)12-6-7-14-13(2)9-12/h3-6,8H,7,9H2,1-2H3. The molecule has 0 fully saturated rings. The van der Waals surface area contributed by atoms with E-state index in [4.69, 9.17) is 4.84 Å². The zero-order valence-electron chi connectivity index (χ0n) is 8.66. The first-order valence-corrected chi connectivity index (χ1v) is 4.86. The molecule has 0 aromatic heterocycles. The molecule has 0 bridgehead atoms. The van der Waals surface area contributed by atoms with Gasteiger partial charge in [-0.05, 0) is 18.1 Å². The van der Waals surface area contributed by atoms with Crippen molar-refractivity contribution in [3.05, 3.63) is 41.5 Å². The number of likely N-dealkylation sites (N-methyl/N-ethyl adjacent to an activating group) is 1. The van der Waals surface area contributed by atoms with Crippen LogP contribution in [0.2, 0.25) is 0 Å². The minimum atomic E-state index is 0.680. The number of aryl methyl sites for hydroxylation is 1. The summed E-state index contributed by atoms with van der Waals surface area (Å²) in [5.74, 6) is 0. The zero-order valence-corrected chi connectivity index (χ0v) is 8.66. The molecule has 1 aromatic carbocycles. The maximum atomic E-state index is 5.32. The van der Waals surface area contributed by atoms with Crippen LogP contribution in [0.25, 0.3) is 5.57 Å². The number of nitrogens with zero attached hydrogens (tertiary/aromatic N) is 1. The third kappa shape index (κ3) is 2.03. The van der Waals surface area contributed by atoms with Crippen molar-refractivity contribution in [2.45, 2.75) is 6.92 Å². The summed E-state index contributed by atoms with van der Waals surface area (Å²) in [5, 5.41) is 1.87. The van der Waals surface area contributed by atoms with Crippen molar-refractivity contribution in [3.63, 3.8) is 0 Å². The highest BCUT2D eigenvalue weighted by molar-refractivity contribution is 5.67. The highest BCUT2D eigenvalue weighted by Crippen LogP contribution is 2.19. The summed E-state index contributed by atoms with van der Waals surface area (Å²) in [6.07, 6.45) is 2.15. The lowest BCUT2D eigenvalue weighted by Gasteiger charge is -2.22. The average Bonchev–Trinajstić information content (AvgIpc) is 2.18. The van der Waals surface area contributed by atoms with E-state index in [-0.39, 0.29) is 0 Å². The van der Waals surface area contributed by atoms with Gasteiger partial charge in [0.15, 0.2) is 0 Å². The van der Waals surface area contributed by atoms with Crippen molar-refractivity contribution in [2.24, 2.45) is 0 Å². The number of rotatable bonds is 1. The van der Waals surface area contributed by atoms with E-state index in [0.717, 1.165) is 6.54 Å². The molecule has 0 aliphatic carbocycles. The predicted molar refractivity (Wildman–Crippen MR) is 57.7 cm³/mol. The minimum absolute atomic E-state index is 0.680. The molecule has 2 nitrogen and oxygen atoms in total. The lowest BCUT2D eigenvalue weighted by Crippen LogP contribution is -2.25. The van der Waals surface area contributed by atoms with E-state index in [1.807, 2.05) is 12.1 Å². The van der Waals surface area contributed by atoms with Crippen molar-refractivity contribution in [3.8, 4) is 0 Å². The first kappa shape index (κ1) is 9.44. The Morgan fingerprint density at radius 1 is 1.36 bits per heavy atom. The molecule has 0 spiro atoms. The molecular weight excluding hydrogens is 174 g/mol. The Kier molecular flexibility index (Phi) is 2.66. The third-order valence-electron chi connectivity index (χ3n) is 2.41. The van der Waals surface area contributed by atoms with Crippen LogP contribution < -0.4 is 0 Å². The van der Waals surface area contributed by atoms with E-state index in [9.17, 15) is 0 Å². The van der Waals surface area contributed by atoms with Gasteiger partial charge in [-0.3, -0.25) is 4.84 Å².